The zero-order valence-electron chi connectivity index (χ0n) is 14.2. The average molecular weight is 383 g/mol. The Bertz CT molecular complexity index is 1060. The Morgan fingerprint density at radius 2 is 1.82 bits per heavy atom. The Balaban J connectivity index is 1.79. The molecule has 1 heterocycles. The van der Waals surface area contributed by atoms with Gasteiger partial charge >= 0.3 is 6.18 Å². The Morgan fingerprint density at radius 3 is 2.57 bits per heavy atom. The first-order valence-electron chi connectivity index (χ1n) is 7.93. The summed E-state index contributed by atoms with van der Waals surface area (Å²) < 4.78 is 38.4. The number of benzene rings is 2. The zero-order chi connectivity index (χ0) is 20.1. The van der Waals surface area contributed by atoms with Crippen LogP contribution in [0.5, 0.6) is 0 Å². The van der Waals surface area contributed by atoms with E-state index in [4.69, 9.17) is 5.26 Å². The van der Waals surface area contributed by atoms with Crippen molar-refractivity contribution in [2.45, 2.75) is 6.18 Å². The molecule has 0 atom stereocenters. The molecule has 0 saturated carbocycles. The number of para-hydroxylation sites is 1. The van der Waals surface area contributed by atoms with Crippen LogP contribution >= 0.6 is 0 Å². The highest BCUT2D eigenvalue weighted by molar-refractivity contribution is 6.03. The summed E-state index contributed by atoms with van der Waals surface area (Å²) in [7, 11) is 0. The predicted octanol–water partition coefficient (Wildman–Crippen LogP) is 4.36. The van der Waals surface area contributed by atoms with E-state index in [0.717, 1.165) is 18.5 Å². The van der Waals surface area contributed by atoms with Gasteiger partial charge in [-0.2, -0.15) is 18.4 Å². The lowest BCUT2D eigenvalue weighted by Gasteiger charge is -2.11. The fourth-order valence-electron chi connectivity index (χ4n) is 2.35. The van der Waals surface area contributed by atoms with Gasteiger partial charge in [0.2, 0.25) is 0 Å². The van der Waals surface area contributed by atoms with Gasteiger partial charge in [0.15, 0.2) is 0 Å². The highest BCUT2D eigenvalue weighted by Gasteiger charge is 2.30. The topological polar surface area (TPSA) is 90.7 Å². The fourth-order valence-corrected chi connectivity index (χ4v) is 2.35. The van der Waals surface area contributed by atoms with Crippen LogP contribution in [-0.2, 0) is 6.18 Å². The normalized spacial score (nSPS) is 10.8. The molecule has 3 aromatic rings. The molecule has 0 aliphatic heterocycles. The van der Waals surface area contributed by atoms with Crippen LogP contribution in [0.1, 0.15) is 21.6 Å². The van der Waals surface area contributed by atoms with Gasteiger partial charge < -0.3 is 10.6 Å². The minimum atomic E-state index is -4.47. The summed E-state index contributed by atoms with van der Waals surface area (Å²) in [5.41, 5.74) is -0.0576. The first-order valence-corrected chi connectivity index (χ1v) is 7.93. The average Bonchev–Trinajstić information content (AvgIpc) is 2.68. The van der Waals surface area contributed by atoms with Crippen LogP contribution in [0.4, 0.5) is 30.4 Å². The van der Waals surface area contributed by atoms with Gasteiger partial charge in [0.1, 0.15) is 23.9 Å². The fraction of sp³-hybridized carbons (Fsp3) is 0.0526. The molecule has 0 unspecified atom stereocenters. The third-order valence-corrected chi connectivity index (χ3v) is 3.66. The first kappa shape index (κ1) is 18.8. The smallest absolute Gasteiger partial charge is 0.340 e. The number of hydrogen-bond donors (Lipinski definition) is 2. The van der Waals surface area contributed by atoms with Gasteiger partial charge in [-0.1, -0.05) is 18.2 Å². The zero-order valence-corrected chi connectivity index (χ0v) is 14.2. The van der Waals surface area contributed by atoms with E-state index in [-0.39, 0.29) is 22.8 Å². The van der Waals surface area contributed by atoms with Gasteiger partial charge in [-0.25, -0.2) is 9.97 Å². The minimum absolute atomic E-state index is 0.0165. The molecule has 0 aliphatic rings. The van der Waals surface area contributed by atoms with E-state index < -0.39 is 17.6 Å². The molecule has 28 heavy (non-hydrogen) atoms. The van der Waals surface area contributed by atoms with E-state index in [9.17, 15) is 18.0 Å². The molecule has 2 N–H and O–H groups in total. The SMILES string of the molecule is N#Cc1ccccc1NC(=O)c1cc(Nc2cccc(C(F)(F)F)c2)ncn1. The maximum atomic E-state index is 12.8. The van der Waals surface area contributed by atoms with Crippen LogP contribution in [0, 0.1) is 11.3 Å². The molecule has 0 fully saturated rings. The van der Waals surface area contributed by atoms with Crippen molar-refractivity contribution in [3.8, 4) is 6.07 Å². The molecule has 0 spiro atoms. The van der Waals surface area contributed by atoms with Crippen molar-refractivity contribution in [2.75, 3.05) is 10.6 Å². The van der Waals surface area contributed by atoms with Gasteiger partial charge in [-0.3, -0.25) is 4.79 Å². The number of nitriles is 1. The summed E-state index contributed by atoms with van der Waals surface area (Å²) >= 11 is 0. The lowest BCUT2D eigenvalue weighted by molar-refractivity contribution is -0.137. The molecule has 0 aliphatic carbocycles. The molecule has 2 aromatic carbocycles. The second-order valence-corrected chi connectivity index (χ2v) is 5.60. The lowest BCUT2D eigenvalue weighted by Crippen LogP contribution is -2.15. The van der Waals surface area contributed by atoms with Crippen LogP contribution in [-0.4, -0.2) is 15.9 Å². The van der Waals surface area contributed by atoms with Crippen molar-refractivity contribution in [3.63, 3.8) is 0 Å². The number of carbonyl (C=O) groups is 1. The summed E-state index contributed by atoms with van der Waals surface area (Å²) in [4.78, 5) is 20.2. The number of amides is 1. The van der Waals surface area contributed by atoms with E-state index in [1.807, 2.05) is 6.07 Å². The van der Waals surface area contributed by atoms with Gasteiger partial charge in [0.25, 0.3) is 5.91 Å². The number of alkyl halides is 3. The maximum Gasteiger partial charge on any atom is 0.416 e. The largest absolute Gasteiger partial charge is 0.416 e. The number of nitrogens with one attached hydrogen (secondary N) is 2. The highest BCUT2D eigenvalue weighted by atomic mass is 19.4. The quantitative estimate of drug-likeness (QED) is 0.698. The molecule has 9 heteroatoms. The molecule has 0 radical (unpaired) electrons. The first-order chi connectivity index (χ1) is 13.4. The Kier molecular flexibility index (Phi) is 5.22. The molecule has 0 saturated heterocycles. The van der Waals surface area contributed by atoms with Crippen molar-refractivity contribution in [1.29, 1.82) is 5.26 Å². The lowest BCUT2D eigenvalue weighted by atomic mass is 10.2. The summed E-state index contributed by atoms with van der Waals surface area (Å²) in [5, 5.41) is 14.4. The molecule has 1 amide bonds. The summed E-state index contributed by atoms with van der Waals surface area (Å²) in [6.07, 6.45) is -3.36. The van der Waals surface area contributed by atoms with Crippen LogP contribution < -0.4 is 10.6 Å². The van der Waals surface area contributed by atoms with Crippen molar-refractivity contribution in [3.05, 3.63) is 77.7 Å². The molecular weight excluding hydrogens is 371 g/mol. The van der Waals surface area contributed by atoms with Gasteiger partial charge in [-0.05, 0) is 30.3 Å². The maximum absolute atomic E-state index is 12.8. The third kappa shape index (κ3) is 4.42. The Hall–Kier alpha value is -3.93. The second kappa shape index (κ2) is 7.75. The Labute approximate surface area is 157 Å². The number of carbonyl (C=O) groups excluding carboxylic acids is 1. The van der Waals surface area contributed by atoms with Crippen molar-refractivity contribution >= 4 is 23.1 Å². The van der Waals surface area contributed by atoms with E-state index >= 15 is 0 Å². The van der Waals surface area contributed by atoms with Crippen molar-refractivity contribution < 1.29 is 18.0 Å². The second-order valence-electron chi connectivity index (χ2n) is 5.60. The van der Waals surface area contributed by atoms with Crippen LogP contribution in [0.15, 0.2) is 60.9 Å². The molecule has 140 valence electrons. The summed E-state index contributed by atoms with van der Waals surface area (Å²) in [6, 6.07) is 14.3. The molecular formula is C19H12F3N5O. The van der Waals surface area contributed by atoms with Crippen LogP contribution in [0.3, 0.4) is 0 Å². The van der Waals surface area contributed by atoms with Crippen molar-refractivity contribution in [1.82, 2.24) is 9.97 Å². The monoisotopic (exact) mass is 383 g/mol. The van der Waals surface area contributed by atoms with Crippen molar-refractivity contribution in [2.24, 2.45) is 0 Å². The standard InChI is InChI=1S/C19H12F3N5O/c20-19(21,22)13-5-3-6-14(8-13)26-17-9-16(24-11-25-17)18(28)27-15-7-2-1-4-12(15)10-23/h1-9,11H,(H,27,28)(H,24,25,26). The predicted molar refractivity (Wildman–Crippen MR) is 95.9 cm³/mol. The van der Waals surface area contributed by atoms with Gasteiger partial charge in [0.05, 0.1) is 16.8 Å². The van der Waals surface area contributed by atoms with Crippen LogP contribution in [0.2, 0.25) is 0 Å². The molecule has 1 aromatic heterocycles. The van der Waals surface area contributed by atoms with E-state index in [2.05, 4.69) is 20.6 Å². The van der Waals surface area contributed by atoms with E-state index in [0.29, 0.717) is 5.69 Å². The molecule has 0 bridgehead atoms. The van der Waals surface area contributed by atoms with Gasteiger partial charge in [-0.15, -0.1) is 0 Å². The third-order valence-electron chi connectivity index (χ3n) is 3.66. The van der Waals surface area contributed by atoms with Crippen LogP contribution in [0.25, 0.3) is 0 Å². The Morgan fingerprint density at radius 1 is 1.04 bits per heavy atom. The molecule has 6 nitrogen and oxygen atoms in total. The number of halogens is 3. The number of rotatable bonds is 4. The number of aromatic nitrogens is 2. The van der Waals surface area contributed by atoms with E-state index in [1.165, 1.54) is 18.2 Å². The van der Waals surface area contributed by atoms with E-state index in [1.54, 1.807) is 24.3 Å². The number of nitrogens with zero attached hydrogens (tertiary/aromatic N) is 3. The summed E-state index contributed by atoms with van der Waals surface area (Å²) in [6.45, 7) is 0. The highest BCUT2D eigenvalue weighted by Crippen LogP contribution is 2.31. The van der Waals surface area contributed by atoms with Gasteiger partial charge in [0, 0.05) is 11.8 Å². The summed E-state index contributed by atoms with van der Waals surface area (Å²) in [5.74, 6) is -0.440. The molecule has 3 rings (SSSR count). The number of hydrogen-bond acceptors (Lipinski definition) is 5. The minimum Gasteiger partial charge on any atom is -0.340 e. The number of anilines is 3.